The van der Waals surface area contributed by atoms with E-state index in [-0.39, 0.29) is 5.41 Å². The summed E-state index contributed by atoms with van der Waals surface area (Å²) >= 11 is 5.51. The summed E-state index contributed by atoms with van der Waals surface area (Å²) in [5, 5.41) is 3.98. The number of nitrogens with one attached hydrogen (secondary N) is 1. The molecule has 0 spiro atoms. The minimum Gasteiger partial charge on any atom is -0.332 e. The number of aryl methyl sites for hydroxylation is 1. The topological polar surface area (TPSA) is 15.3 Å². The molecule has 0 aliphatic rings. The van der Waals surface area contributed by atoms with Crippen molar-refractivity contribution in [2.45, 2.75) is 33.1 Å². The first-order chi connectivity index (χ1) is 10.3. The van der Waals surface area contributed by atoms with Crippen LogP contribution >= 0.6 is 12.2 Å². The largest absolute Gasteiger partial charge is 0.332 e. The molecule has 0 heterocycles. The van der Waals surface area contributed by atoms with Gasteiger partial charge in [-0.2, -0.15) is 0 Å². The van der Waals surface area contributed by atoms with Crippen molar-refractivity contribution in [2.24, 2.45) is 0 Å². The summed E-state index contributed by atoms with van der Waals surface area (Å²) in [5.74, 6) is 0. The Morgan fingerprint density at radius 3 is 2.23 bits per heavy atom. The quantitative estimate of drug-likeness (QED) is 0.774. The molecule has 0 atom stereocenters. The maximum Gasteiger partial charge on any atom is 0.177 e. The Bertz CT molecular complexity index is 654. The number of rotatable bonds is 2. The van der Waals surface area contributed by atoms with Gasteiger partial charge in [0.1, 0.15) is 0 Å². The molecular weight excluding hydrogens is 288 g/mol. The lowest BCUT2D eigenvalue weighted by Gasteiger charge is -2.23. The normalized spacial score (nSPS) is 11.1. The van der Waals surface area contributed by atoms with Gasteiger partial charge in [0.05, 0.1) is 0 Å². The number of thiocarbonyl (C=S) groups is 1. The van der Waals surface area contributed by atoms with Gasteiger partial charge in [-0.1, -0.05) is 45.0 Å². The lowest BCUT2D eigenvalue weighted by Crippen LogP contribution is -2.30. The summed E-state index contributed by atoms with van der Waals surface area (Å²) in [7, 11) is 1.98. The zero-order chi connectivity index (χ0) is 16.3. The molecule has 0 amide bonds. The SMILES string of the molecule is Cc1cccc(N(C)C(=S)Nc2ccc(C(C)(C)C)cc2)c1. The van der Waals surface area contributed by atoms with Crippen molar-refractivity contribution in [1.29, 1.82) is 0 Å². The number of hydrogen-bond acceptors (Lipinski definition) is 1. The van der Waals surface area contributed by atoms with E-state index in [2.05, 4.69) is 75.5 Å². The summed E-state index contributed by atoms with van der Waals surface area (Å²) < 4.78 is 0. The highest BCUT2D eigenvalue weighted by Gasteiger charge is 2.13. The van der Waals surface area contributed by atoms with E-state index < -0.39 is 0 Å². The van der Waals surface area contributed by atoms with Crippen LogP contribution in [0.25, 0.3) is 0 Å². The Morgan fingerprint density at radius 2 is 1.68 bits per heavy atom. The van der Waals surface area contributed by atoms with Crippen LogP contribution in [-0.2, 0) is 5.41 Å². The van der Waals surface area contributed by atoms with E-state index in [1.54, 1.807) is 0 Å². The lowest BCUT2D eigenvalue weighted by molar-refractivity contribution is 0.590. The van der Waals surface area contributed by atoms with Gasteiger partial charge >= 0.3 is 0 Å². The van der Waals surface area contributed by atoms with Gasteiger partial charge in [-0.25, -0.2) is 0 Å². The van der Waals surface area contributed by atoms with Crippen molar-refractivity contribution >= 4 is 28.7 Å². The Hall–Kier alpha value is -1.87. The molecule has 0 saturated carbocycles. The van der Waals surface area contributed by atoms with Gasteiger partial charge < -0.3 is 10.2 Å². The highest BCUT2D eigenvalue weighted by atomic mass is 32.1. The van der Waals surface area contributed by atoms with Crippen molar-refractivity contribution in [1.82, 2.24) is 0 Å². The second-order valence-corrected chi connectivity index (χ2v) is 7.04. The third-order valence-corrected chi connectivity index (χ3v) is 4.07. The predicted molar refractivity (Wildman–Crippen MR) is 101 cm³/mol. The number of hydrogen-bond donors (Lipinski definition) is 1. The van der Waals surface area contributed by atoms with Crippen LogP contribution in [0.3, 0.4) is 0 Å². The first kappa shape index (κ1) is 16.5. The van der Waals surface area contributed by atoms with E-state index in [4.69, 9.17) is 12.2 Å². The fourth-order valence-corrected chi connectivity index (χ4v) is 2.44. The number of benzene rings is 2. The van der Waals surface area contributed by atoms with Crippen molar-refractivity contribution in [3.63, 3.8) is 0 Å². The fraction of sp³-hybridized carbons (Fsp3) is 0.316. The first-order valence-corrected chi connectivity index (χ1v) is 7.90. The fourth-order valence-electron chi connectivity index (χ4n) is 2.21. The van der Waals surface area contributed by atoms with Crippen molar-refractivity contribution < 1.29 is 0 Å². The number of anilines is 2. The molecule has 22 heavy (non-hydrogen) atoms. The van der Waals surface area contributed by atoms with Crippen LogP contribution in [0.5, 0.6) is 0 Å². The van der Waals surface area contributed by atoms with Crippen molar-refractivity contribution in [3.8, 4) is 0 Å². The Morgan fingerprint density at radius 1 is 1.05 bits per heavy atom. The third-order valence-electron chi connectivity index (χ3n) is 3.70. The monoisotopic (exact) mass is 312 g/mol. The molecule has 2 aromatic rings. The van der Waals surface area contributed by atoms with Crippen LogP contribution in [0, 0.1) is 6.92 Å². The average molecular weight is 312 g/mol. The molecule has 0 bridgehead atoms. The molecule has 0 radical (unpaired) electrons. The molecule has 0 aliphatic heterocycles. The molecule has 2 rings (SSSR count). The standard InChI is InChI=1S/C19H24N2S/c1-14-7-6-8-17(13-14)21(5)18(22)20-16-11-9-15(10-12-16)19(2,3)4/h6-13H,1-5H3,(H,20,22). The second kappa shape index (κ2) is 6.49. The zero-order valence-corrected chi connectivity index (χ0v) is 14.8. The smallest absolute Gasteiger partial charge is 0.177 e. The zero-order valence-electron chi connectivity index (χ0n) is 14.0. The van der Waals surface area contributed by atoms with Gasteiger partial charge in [-0.15, -0.1) is 0 Å². The van der Waals surface area contributed by atoms with Gasteiger partial charge in [0.2, 0.25) is 0 Å². The molecule has 2 aromatic carbocycles. The highest BCUT2D eigenvalue weighted by molar-refractivity contribution is 7.80. The molecule has 0 aliphatic carbocycles. The molecule has 116 valence electrons. The molecule has 1 N–H and O–H groups in total. The summed E-state index contributed by atoms with van der Waals surface area (Å²) in [6.07, 6.45) is 0. The molecule has 0 saturated heterocycles. The molecule has 0 fully saturated rings. The number of nitrogens with zero attached hydrogens (tertiary/aromatic N) is 1. The highest BCUT2D eigenvalue weighted by Crippen LogP contribution is 2.24. The van der Waals surface area contributed by atoms with E-state index in [1.807, 2.05) is 18.0 Å². The Labute approximate surface area is 139 Å². The summed E-state index contributed by atoms with van der Waals surface area (Å²) in [5.41, 5.74) is 4.80. The van der Waals surface area contributed by atoms with Gasteiger partial charge in [-0.05, 0) is 59.9 Å². The molecule has 0 aromatic heterocycles. The maximum atomic E-state index is 5.51. The van der Waals surface area contributed by atoms with E-state index in [1.165, 1.54) is 11.1 Å². The van der Waals surface area contributed by atoms with Crippen molar-refractivity contribution in [3.05, 3.63) is 59.7 Å². The predicted octanol–water partition coefficient (Wildman–Crippen LogP) is 5.13. The Kier molecular flexibility index (Phi) is 4.87. The van der Waals surface area contributed by atoms with Crippen LogP contribution in [0.2, 0.25) is 0 Å². The summed E-state index contributed by atoms with van der Waals surface area (Å²) in [6.45, 7) is 8.72. The minimum atomic E-state index is 0.164. The van der Waals surface area contributed by atoms with E-state index in [0.29, 0.717) is 5.11 Å². The van der Waals surface area contributed by atoms with Crippen LogP contribution in [0.15, 0.2) is 48.5 Å². The average Bonchev–Trinajstić information content (AvgIpc) is 2.46. The van der Waals surface area contributed by atoms with Gasteiger partial charge in [-0.3, -0.25) is 0 Å². The summed E-state index contributed by atoms with van der Waals surface area (Å²) in [4.78, 5) is 1.99. The van der Waals surface area contributed by atoms with E-state index >= 15 is 0 Å². The van der Waals surface area contributed by atoms with Crippen LogP contribution in [-0.4, -0.2) is 12.2 Å². The molecule has 2 nitrogen and oxygen atoms in total. The molecule has 0 unspecified atom stereocenters. The first-order valence-electron chi connectivity index (χ1n) is 7.49. The van der Waals surface area contributed by atoms with Crippen LogP contribution < -0.4 is 10.2 Å². The Balaban J connectivity index is 2.08. The molecular formula is C19H24N2S. The van der Waals surface area contributed by atoms with Crippen LogP contribution in [0.1, 0.15) is 31.9 Å². The van der Waals surface area contributed by atoms with E-state index in [9.17, 15) is 0 Å². The summed E-state index contributed by atoms with van der Waals surface area (Å²) in [6, 6.07) is 16.8. The second-order valence-electron chi connectivity index (χ2n) is 6.66. The van der Waals surface area contributed by atoms with Gasteiger partial charge in [0, 0.05) is 18.4 Å². The maximum absolute atomic E-state index is 5.51. The lowest BCUT2D eigenvalue weighted by atomic mass is 9.87. The van der Waals surface area contributed by atoms with Gasteiger partial charge in [0.25, 0.3) is 0 Å². The van der Waals surface area contributed by atoms with Gasteiger partial charge in [0.15, 0.2) is 5.11 Å². The minimum absolute atomic E-state index is 0.164. The molecule has 3 heteroatoms. The van der Waals surface area contributed by atoms with Crippen LogP contribution in [0.4, 0.5) is 11.4 Å². The third kappa shape index (κ3) is 4.08. The van der Waals surface area contributed by atoms with Crippen molar-refractivity contribution in [2.75, 3.05) is 17.3 Å². The van der Waals surface area contributed by atoms with E-state index in [0.717, 1.165) is 11.4 Å².